The van der Waals surface area contributed by atoms with Gasteiger partial charge in [0.25, 0.3) is 0 Å². The van der Waals surface area contributed by atoms with E-state index < -0.39 is 75.0 Å². The molecule has 4 fully saturated rings. The molecule has 0 amide bonds. The molecule has 1 heterocycles. The van der Waals surface area contributed by atoms with Crippen LogP contribution in [0.4, 0.5) is 13.2 Å². The van der Waals surface area contributed by atoms with Gasteiger partial charge in [-0.05, 0) is 63.7 Å². The van der Waals surface area contributed by atoms with Crippen molar-refractivity contribution in [3.63, 3.8) is 0 Å². The van der Waals surface area contributed by atoms with Crippen molar-refractivity contribution in [2.24, 2.45) is 22.7 Å². The van der Waals surface area contributed by atoms with E-state index in [9.17, 15) is 19.1 Å². The molecule has 5 rings (SSSR count). The number of aliphatic hydroxyl groups excluding tert-OH is 1. The average Bonchev–Trinajstić information content (AvgIpc) is 3.13. The summed E-state index contributed by atoms with van der Waals surface area (Å²) < 4.78 is 58.2. The number of carbonyl (C=O) groups is 2. The van der Waals surface area contributed by atoms with Gasteiger partial charge in [0.05, 0.1) is 12.2 Å². The quantitative estimate of drug-likeness (QED) is 0.636. The van der Waals surface area contributed by atoms with E-state index in [2.05, 4.69) is 0 Å². The first-order chi connectivity index (χ1) is 15.3. The second-order valence-corrected chi connectivity index (χ2v) is 11.9. The number of aliphatic hydroxyl groups is 1. The lowest BCUT2D eigenvalue weighted by molar-refractivity contribution is -0.246. The fourth-order valence-electron chi connectivity index (χ4n) is 7.81. The molecule has 1 N–H and O–H groups in total. The largest absolute Gasteiger partial charge is 0.390 e. The first-order valence-corrected chi connectivity index (χ1v) is 12.3. The SMILES string of the molecule is CC1(C)O[C@@H]2CC3C4C[C@H](F)C5=CC(=O)C=CC5(C)[C@@]4(F)[C@@H](O)CC3(C)[C@]2(C(=O)SCF)O1. The first kappa shape index (κ1) is 23.6. The van der Waals surface area contributed by atoms with Crippen molar-refractivity contribution in [2.45, 2.75) is 82.4 Å². The van der Waals surface area contributed by atoms with Crippen molar-refractivity contribution in [3.8, 4) is 0 Å². The first-order valence-electron chi connectivity index (χ1n) is 11.3. The van der Waals surface area contributed by atoms with Crippen LogP contribution in [-0.2, 0) is 19.1 Å². The molecule has 4 unspecified atom stereocenters. The zero-order valence-electron chi connectivity index (χ0n) is 19.1. The highest BCUT2D eigenvalue weighted by molar-refractivity contribution is 8.13. The van der Waals surface area contributed by atoms with Crippen LogP contribution in [0.25, 0.3) is 0 Å². The second kappa shape index (κ2) is 6.95. The molecule has 33 heavy (non-hydrogen) atoms. The number of fused-ring (bicyclic) bond motifs is 7. The predicted octanol–water partition coefficient (Wildman–Crippen LogP) is 3.99. The number of halogens is 3. The van der Waals surface area contributed by atoms with E-state index in [1.54, 1.807) is 20.8 Å². The highest BCUT2D eigenvalue weighted by atomic mass is 32.2. The Balaban J connectivity index is 1.65. The Morgan fingerprint density at radius 2 is 1.94 bits per heavy atom. The van der Waals surface area contributed by atoms with Crippen LogP contribution in [0.3, 0.4) is 0 Å². The van der Waals surface area contributed by atoms with Gasteiger partial charge in [0, 0.05) is 16.7 Å². The third-order valence-corrected chi connectivity index (χ3v) is 9.78. The zero-order chi connectivity index (χ0) is 24.2. The van der Waals surface area contributed by atoms with Crippen LogP contribution in [0.15, 0.2) is 23.8 Å². The Bertz CT molecular complexity index is 983. The number of rotatable bonds is 2. The van der Waals surface area contributed by atoms with Crippen molar-refractivity contribution in [1.29, 1.82) is 0 Å². The molecular weight excluding hydrogens is 457 g/mol. The standard InChI is InChI=1S/C24H29F3O5S/c1-20(2)31-18-9-13-14-8-16(26)15-7-12(28)5-6-21(15,3)23(14,27)17(29)10-22(13,4)24(18,32-20)19(30)33-11-25/h5-7,13-14,16-18,29H,8-11H2,1-4H3/t13?,14?,16-,17-,18+,21?,22?,23-,24-/m0/s1. The van der Waals surface area contributed by atoms with Crippen LogP contribution < -0.4 is 0 Å². The van der Waals surface area contributed by atoms with Crippen LogP contribution >= 0.6 is 11.8 Å². The third kappa shape index (κ3) is 2.68. The maximum absolute atomic E-state index is 17.2. The molecule has 9 atom stereocenters. The van der Waals surface area contributed by atoms with E-state index in [1.165, 1.54) is 19.1 Å². The van der Waals surface area contributed by atoms with Crippen LogP contribution in [0.2, 0.25) is 0 Å². The van der Waals surface area contributed by atoms with E-state index in [1.807, 2.05) is 0 Å². The fraction of sp³-hybridized carbons (Fsp3) is 0.750. The molecule has 3 saturated carbocycles. The number of hydrogen-bond donors (Lipinski definition) is 1. The van der Waals surface area contributed by atoms with Crippen molar-refractivity contribution in [1.82, 2.24) is 0 Å². The lowest BCUT2D eigenvalue weighted by atomic mass is 9.44. The maximum atomic E-state index is 17.2. The molecule has 0 aromatic rings. The van der Waals surface area contributed by atoms with Gasteiger partial charge in [-0.15, -0.1) is 0 Å². The monoisotopic (exact) mass is 486 g/mol. The number of hydrogen-bond acceptors (Lipinski definition) is 6. The third-order valence-electron chi connectivity index (χ3n) is 9.11. The fourth-order valence-corrected chi connectivity index (χ4v) is 8.53. The van der Waals surface area contributed by atoms with Crippen molar-refractivity contribution >= 4 is 22.7 Å². The number of ketones is 1. The van der Waals surface area contributed by atoms with Crippen molar-refractivity contribution in [3.05, 3.63) is 23.8 Å². The average molecular weight is 487 g/mol. The Hall–Kier alpha value is -1.16. The summed E-state index contributed by atoms with van der Waals surface area (Å²) in [6, 6.07) is -0.950. The van der Waals surface area contributed by atoms with Gasteiger partial charge in [0.15, 0.2) is 22.8 Å². The smallest absolute Gasteiger partial charge is 0.226 e. The summed E-state index contributed by atoms with van der Waals surface area (Å²) in [7, 11) is 0. The van der Waals surface area contributed by atoms with E-state index in [-0.39, 0.29) is 24.8 Å². The van der Waals surface area contributed by atoms with Crippen LogP contribution in [0.5, 0.6) is 0 Å². The number of thioether (sulfide) groups is 1. The van der Waals surface area contributed by atoms with Gasteiger partial charge in [-0.2, -0.15) is 0 Å². The predicted molar refractivity (Wildman–Crippen MR) is 115 cm³/mol. The minimum Gasteiger partial charge on any atom is -0.390 e. The van der Waals surface area contributed by atoms with Crippen molar-refractivity contribution in [2.75, 3.05) is 6.01 Å². The molecule has 0 spiro atoms. The lowest BCUT2D eigenvalue weighted by Crippen LogP contribution is -2.70. The summed E-state index contributed by atoms with van der Waals surface area (Å²) in [5.41, 5.74) is -6.40. The second-order valence-electron chi connectivity index (χ2n) is 11.0. The molecule has 1 saturated heterocycles. The zero-order valence-corrected chi connectivity index (χ0v) is 19.9. The molecule has 1 aliphatic heterocycles. The molecule has 0 aromatic heterocycles. The molecule has 4 aliphatic carbocycles. The lowest BCUT2D eigenvalue weighted by Gasteiger charge is -2.63. The molecule has 0 bridgehead atoms. The van der Waals surface area contributed by atoms with Crippen LogP contribution in [0.1, 0.15) is 47.0 Å². The van der Waals surface area contributed by atoms with Gasteiger partial charge in [-0.1, -0.05) is 24.8 Å². The molecule has 5 aliphatic rings. The molecule has 5 nitrogen and oxygen atoms in total. The van der Waals surface area contributed by atoms with E-state index in [0.717, 1.165) is 6.08 Å². The van der Waals surface area contributed by atoms with Crippen LogP contribution in [0, 0.1) is 22.7 Å². The number of ether oxygens (including phenoxy) is 2. The Labute approximate surface area is 195 Å². The Kier molecular flexibility index (Phi) is 4.97. The van der Waals surface area contributed by atoms with Gasteiger partial charge < -0.3 is 14.6 Å². The molecule has 9 heteroatoms. The summed E-state index contributed by atoms with van der Waals surface area (Å²) in [6.45, 7) is 6.61. The molecule has 0 aromatic carbocycles. The topological polar surface area (TPSA) is 72.8 Å². The molecular formula is C24H29F3O5S. The van der Waals surface area contributed by atoms with E-state index >= 15 is 8.78 Å². The highest BCUT2D eigenvalue weighted by Crippen LogP contribution is 2.72. The Morgan fingerprint density at radius 1 is 1.24 bits per heavy atom. The normalized spacial score (nSPS) is 51.9. The van der Waals surface area contributed by atoms with E-state index in [0.29, 0.717) is 11.8 Å². The number of carbonyl (C=O) groups excluding carboxylic acids is 2. The van der Waals surface area contributed by atoms with Gasteiger partial charge in [-0.3, -0.25) is 9.59 Å². The van der Waals surface area contributed by atoms with Crippen LogP contribution in [-0.4, -0.2) is 57.4 Å². The Morgan fingerprint density at radius 3 is 2.61 bits per heavy atom. The summed E-state index contributed by atoms with van der Waals surface area (Å²) >= 11 is 0.481. The van der Waals surface area contributed by atoms with Gasteiger partial charge in [0.1, 0.15) is 12.2 Å². The van der Waals surface area contributed by atoms with Gasteiger partial charge >= 0.3 is 0 Å². The van der Waals surface area contributed by atoms with Gasteiger partial charge in [-0.25, -0.2) is 13.2 Å². The maximum Gasteiger partial charge on any atom is 0.226 e. The molecule has 182 valence electrons. The minimum absolute atomic E-state index is 0.0435. The highest BCUT2D eigenvalue weighted by Gasteiger charge is 2.80. The summed E-state index contributed by atoms with van der Waals surface area (Å²) in [5.74, 6) is -3.04. The van der Waals surface area contributed by atoms with E-state index in [4.69, 9.17) is 9.47 Å². The number of alkyl halides is 3. The molecule has 0 radical (unpaired) electrons. The minimum atomic E-state index is -2.26. The summed E-state index contributed by atoms with van der Waals surface area (Å²) in [6.07, 6.45) is -0.298. The van der Waals surface area contributed by atoms with Crippen molar-refractivity contribution < 1.29 is 37.3 Å². The summed E-state index contributed by atoms with van der Waals surface area (Å²) in [4.78, 5) is 25.3. The summed E-state index contributed by atoms with van der Waals surface area (Å²) in [5, 5.41) is 10.8. The number of allylic oxidation sites excluding steroid dienone is 4. The van der Waals surface area contributed by atoms with Gasteiger partial charge in [0.2, 0.25) is 5.12 Å².